The van der Waals surface area contributed by atoms with Crippen molar-refractivity contribution in [3.05, 3.63) is 65.4 Å². The third-order valence-corrected chi connectivity index (χ3v) is 4.04. The molecule has 2 aromatic rings. The number of aryl methyl sites for hydroxylation is 2. The summed E-state index contributed by atoms with van der Waals surface area (Å²) in [5.41, 5.74) is 2.06. The van der Waals surface area contributed by atoms with Crippen LogP contribution in [0.3, 0.4) is 0 Å². The first kappa shape index (κ1) is 16.1. The van der Waals surface area contributed by atoms with Crippen LogP contribution in [0.15, 0.2) is 54.3 Å². The van der Waals surface area contributed by atoms with Crippen molar-refractivity contribution in [3.8, 4) is 17.2 Å². The van der Waals surface area contributed by atoms with Gasteiger partial charge in [0.2, 0.25) is 0 Å². The van der Waals surface area contributed by atoms with E-state index >= 15 is 0 Å². The fraction of sp³-hybridized carbons (Fsp3) is 0.250. The van der Waals surface area contributed by atoms with Gasteiger partial charge in [-0.3, -0.25) is 4.79 Å². The molecule has 1 N–H and O–H groups in total. The highest BCUT2D eigenvalue weighted by Crippen LogP contribution is 2.33. The van der Waals surface area contributed by atoms with Gasteiger partial charge in [0.1, 0.15) is 5.75 Å². The number of methoxy groups -OCH3 is 1. The fourth-order valence-electron chi connectivity index (χ4n) is 2.68. The number of benzene rings is 2. The van der Waals surface area contributed by atoms with Crippen molar-refractivity contribution in [1.29, 1.82) is 0 Å². The number of aliphatic hydroxyl groups excluding tert-OH is 1. The van der Waals surface area contributed by atoms with Gasteiger partial charge in [-0.05, 0) is 48.2 Å². The van der Waals surface area contributed by atoms with Gasteiger partial charge in [-0.25, -0.2) is 0 Å². The van der Waals surface area contributed by atoms with Gasteiger partial charge in [-0.1, -0.05) is 18.2 Å². The molecule has 0 aliphatic carbocycles. The van der Waals surface area contributed by atoms with Gasteiger partial charge in [-0.15, -0.1) is 0 Å². The van der Waals surface area contributed by atoms with E-state index in [0.717, 1.165) is 16.9 Å². The summed E-state index contributed by atoms with van der Waals surface area (Å²) in [5, 5.41) is 9.95. The van der Waals surface area contributed by atoms with Crippen molar-refractivity contribution in [1.82, 2.24) is 0 Å². The molecule has 4 rings (SSSR count). The summed E-state index contributed by atoms with van der Waals surface area (Å²) < 4.78 is 11.3. The van der Waals surface area contributed by atoms with Crippen LogP contribution in [0.1, 0.15) is 24.0 Å². The molecule has 0 spiro atoms. The minimum absolute atomic E-state index is 0.0573. The quantitative estimate of drug-likeness (QED) is 0.846. The van der Waals surface area contributed by atoms with Crippen LogP contribution in [0.4, 0.5) is 0 Å². The van der Waals surface area contributed by atoms with Crippen LogP contribution in [0.25, 0.3) is 0 Å². The summed E-state index contributed by atoms with van der Waals surface area (Å²) in [6, 6.07) is 13.4. The average Bonchev–Trinajstić information content (AvgIpc) is 2.59. The first-order chi connectivity index (χ1) is 11.6. The molecule has 2 aromatic carbocycles. The monoisotopic (exact) mass is 324 g/mol. The minimum Gasteiger partial charge on any atom is -0.512 e. The van der Waals surface area contributed by atoms with Gasteiger partial charge in [0.05, 0.1) is 12.9 Å². The number of aliphatic hydroxyl groups is 1. The SMILES string of the molecule is COc1ccc2cc1Oc1ccc(cc1)CCC(=O)/C=C(\O)CC2. The van der Waals surface area contributed by atoms with Crippen molar-refractivity contribution >= 4 is 5.78 Å². The number of ketones is 1. The van der Waals surface area contributed by atoms with Gasteiger partial charge in [0.15, 0.2) is 17.3 Å². The molecule has 4 heteroatoms. The van der Waals surface area contributed by atoms with Gasteiger partial charge in [0.25, 0.3) is 0 Å². The highest BCUT2D eigenvalue weighted by atomic mass is 16.5. The molecule has 0 saturated carbocycles. The number of ether oxygens (including phenoxy) is 2. The van der Waals surface area contributed by atoms with E-state index in [9.17, 15) is 9.90 Å². The van der Waals surface area contributed by atoms with Crippen LogP contribution in [0.5, 0.6) is 17.2 Å². The Kier molecular flexibility index (Phi) is 4.85. The summed E-state index contributed by atoms with van der Waals surface area (Å²) >= 11 is 0. The van der Waals surface area contributed by atoms with E-state index < -0.39 is 0 Å². The van der Waals surface area contributed by atoms with Crippen LogP contribution in [0.2, 0.25) is 0 Å². The maximum absolute atomic E-state index is 11.9. The van der Waals surface area contributed by atoms with Gasteiger partial charge in [-0.2, -0.15) is 0 Å². The normalized spacial score (nSPS) is 17.2. The topological polar surface area (TPSA) is 55.8 Å². The first-order valence-corrected chi connectivity index (χ1v) is 8.00. The number of fused-ring (bicyclic) bond motifs is 7. The standard InChI is InChI=1S/C20H20O4/c1-23-19-11-6-15-3-8-17(22)13-16(21)7-2-14-4-9-18(10-5-14)24-20(19)12-15/h4-6,9-13,22H,2-3,7-8H2,1H3/b17-13-. The Morgan fingerprint density at radius 2 is 1.67 bits per heavy atom. The second-order valence-corrected chi connectivity index (χ2v) is 5.83. The largest absolute Gasteiger partial charge is 0.512 e. The van der Waals surface area contributed by atoms with Gasteiger partial charge in [0, 0.05) is 18.9 Å². The third-order valence-electron chi connectivity index (χ3n) is 4.04. The van der Waals surface area contributed by atoms with E-state index in [1.165, 1.54) is 6.08 Å². The Hall–Kier alpha value is -2.75. The second-order valence-electron chi connectivity index (χ2n) is 5.83. The number of hydrogen-bond donors (Lipinski definition) is 1. The number of hydrogen-bond acceptors (Lipinski definition) is 4. The molecule has 4 bridgehead atoms. The third kappa shape index (κ3) is 3.96. The van der Waals surface area contributed by atoms with E-state index in [2.05, 4.69) is 0 Å². The van der Waals surface area contributed by atoms with Crippen LogP contribution >= 0.6 is 0 Å². The maximum atomic E-state index is 11.9. The lowest BCUT2D eigenvalue weighted by Crippen LogP contribution is -1.99. The summed E-state index contributed by atoms with van der Waals surface area (Å²) in [6.07, 6.45) is 3.40. The molecule has 0 aromatic heterocycles. The van der Waals surface area contributed by atoms with Crippen molar-refractivity contribution in [2.75, 3.05) is 7.11 Å². The summed E-state index contributed by atoms with van der Waals surface area (Å²) in [7, 11) is 1.60. The Balaban J connectivity index is 1.97. The highest BCUT2D eigenvalue weighted by molar-refractivity contribution is 5.90. The summed E-state index contributed by atoms with van der Waals surface area (Å²) in [6.45, 7) is 0. The van der Waals surface area contributed by atoms with Crippen LogP contribution in [0, 0.1) is 0 Å². The van der Waals surface area contributed by atoms with E-state index in [1.807, 2.05) is 42.5 Å². The number of allylic oxidation sites excluding steroid dienone is 2. The smallest absolute Gasteiger partial charge is 0.169 e. The molecule has 0 radical (unpaired) electrons. The van der Waals surface area contributed by atoms with Crippen molar-refractivity contribution in [3.63, 3.8) is 0 Å². The second kappa shape index (κ2) is 7.21. The van der Waals surface area contributed by atoms with E-state index in [1.54, 1.807) is 7.11 Å². The molecule has 4 nitrogen and oxygen atoms in total. The Labute approximate surface area is 141 Å². The number of rotatable bonds is 1. The Morgan fingerprint density at radius 1 is 0.958 bits per heavy atom. The zero-order valence-electron chi connectivity index (χ0n) is 13.6. The molecule has 2 heterocycles. The maximum Gasteiger partial charge on any atom is 0.169 e. The highest BCUT2D eigenvalue weighted by Gasteiger charge is 2.10. The molecule has 124 valence electrons. The predicted molar refractivity (Wildman–Crippen MR) is 91.9 cm³/mol. The molecule has 0 atom stereocenters. The average molecular weight is 324 g/mol. The zero-order chi connectivity index (χ0) is 16.9. The van der Waals surface area contributed by atoms with Gasteiger partial charge >= 0.3 is 0 Å². The molecule has 0 fully saturated rings. The predicted octanol–water partition coefficient (Wildman–Crippen LogP) is 4.38. The Morgan fingerprint density at radius 3 is 2.42 bits per heavy atom. The summed E-state index contributed by atoms with van der Waals surface area (Å²) in [4.78, 5) is 11.9. The molecule has 0 amide bonds. The van der Waals surface area contributed by atoms with E-state index in [0.29, 0.717) is 37.2 Å². The molecule has 24 heavy (non-hydrogen) atoms. The van der Waals surface area contributed by atoms with Crippen molar-refractivity contribution in [2.45, 2.75) is 25.7 Å². The van der Waals surface area contributed by atoms with Crippen LogP contribution in [-0.4, -0.2) is 18.0 Å². The first-order valence-electron chi connectivity index (χ1n) is 8.00. The van der Waals surface area contributed by atoms with Gasteiger partial charge < -0.3 is 14.6 Å². The lowest BCUT2D eigenvalue weighted by molar-refractivity contribution is -0.114. The van der Waals surface area contributed by atoms with Crippen LogP contribution in [-0.2, 0) is 17.6 Å². The number of carbonyl (C=O) groups is 1. The fourth-order valence-corrected chi connectivity index (χ4v) is 2.68. The van der Waals surface area contributed by atoms with Crippen LogP contribution < -0.4 is 9.47 Å². The van der Waals surface area contributed by atoms with Crippen molar-refractivity contribution in [2.24, 2.45) is 0 Å². The number of carbonyl (C=O) groups excluding carboxylic acids is 1. The molecule has 2 aliphatic rings. The molecule has 0 saturated heterocycles. The van der Waals surface area contributed by atoms with Crippen molar-refractivity contribution < 1.29 is 19.4 Å². The zero-order valence-corrected chi connectivity index (χ0v) is 13.6. The molecule has 0 unspecified atom stereocenters. The van der Waals surface area contributed by atoms with E-state index in [-0.39, 0.29) is 11.5 Å². The minimum atomic E-state index is -0.0573. The molecular formula is C20H20O4. The Bertz CT molecular complexity index is 760. The van der Waals surface area contributed by atoms with E-state index in [4.69, 9.17) is 9.47 Å². The molecule has 2 aliphatic heterocycles. The molecular weight excluding hydrogens is 304 g/mol. The summed E-state index contributed by atoms with van der Waals surface area (Å²) in [5.74, 6) is 2.07. The lowest BCUT2D eigenvalue weighted by atomic mass is 10.1. The lowest BCUT2D eigenvalue weighted by Gasteiger charge is -2.12.